The maximum Gasteiger partial charge on any atom is 0.328 e. The van der Waals surface area contributed by atoms with Crippen LogP contribution in [0.4, 0.5) is 0 Å². The fourth-order valence-corrected chi connectivity index (χ4v) is 0.143. The minimum absolute atomic E-state index is 0. The van der Waals surface area contributed by atoms with E-state index in [0.29, 0.717) is 12.2 Å². The SMILES string of the molecule is O=C(O)/C=C/C(=O)O.[Y]. The van der Waals surface area contributed by atoms with Gasteiger partial charge in [0.15, 0.2) is 0 Å². The van der Waals surface area contributed by atoms with Gasteiger partial charge >= 0.3 is 11.9 Å². The fraction of sp³-hybridized carbons (Fsp3) is 0. The van der Waals surface area contributed by atoms with Gasteiger partial charge in [0, 0.05) is 44.9 Å². The van der Waals surface area contributed by atoms with Crippen molar-refractivity contribution in [1.29, 1.82) is 0 Å². The molecule has 0 unspecified atom stereocenters. The van der Waals surface area contributed by atoms with E-state index in [0.717, 1.165) is 0 Å². The Kier molecular flexibility index (Phi) is 7.60. The molecule has 0 heterocycles. The first-order chi connectivity index (χ1) is 3.63. The second-order valence-electron chi connectivity index (χ2n) is 1.01. The molecule has 5 heteroatoms. The zero-order valence-corrected chi connectivity index (χ0v) is 7.28. The van der Waals surface area contributed by atoms with Crippen molar-refractivity contribution in [2.24, 2.45) is 0 Å². The molecule has 0 aromatic carbocycles. The van der Waals surface area contributed by atoms with Gasteiger partial charge in [-0.3, -0.25) is 0 Å². The second kappa shape index (κ2) is 5.91. The first-order valence-corrected chi connectivity index (χ1v) is 1.77. The summed E-state index contributed by atoms with van der Waals surface area (Å²) < 4.78 is 0. The molecule has 0 amide bonds. The maximum atomic E-state index is 9.55. The van der Waals surface area contributed by atoms with Gasteiger partial charge in [-0.25, -0.2) is 9.59 Å². The third kappa shape index (κ3) is 11.4. The standard InChI is InChI=1S/C4H4O4.Y/c5-3(6)1-2-4(7)8;/h1-2H,(H,5,6)(H,7,8);/b2-1+;. The molecule has 0 aliphatic carbocycles. The zero-order valence-electron chi connectivity index (χ0n) is 4.44. The Bertz CT molecular complexity index is 124. The van der Waals surface area contributed by atoms with Crippen molar-refractivity contribution >= 4 is 11.9 Å². The van der Waals surface area contributed by atoms with Crippen molar-refractivity contribution in [2.75, 3.05) is 0 Å². The van der Waals surface area contributed by atoms with E-state index in [2.05, 4.69) is 0 Å². The summed E-state index contributed by atoms with van der Waals surface area (Å²) in [5.74, 6) is -2.51. The number of carboxylic acids is 2. The predicted molar refractivity (Wildman–Crippen MR) is 24.4 cm³/mol. The van der Waals surface area contributed by atoms with E-state index in [-0.39, 0.29) is 32.7 Å². The molecule has 0 aromatic heterocycles. The van der Waals surface area contributed by atoms with Crippen molar-refractivity contribution in [3.63, 3.8) is 0 Å². The van der Waals surface area contributed by atoms with Crippen molar-refractivity contribution in [1.82, 2.24) is 0 Å². The Hall–Kier alpha value is -0.216. The Morgan fingerprint density at radius 1 is 1.00 bits per heavy atom. The van der Waals surface area contributed by atoms with Gasteiger partial charge < -0.3 is 10.2 Å². The minimum atomic E-state index is -1.26. The van der Waals surface area contributed by atoms with Gasteiger partial charge in [0.25, 0.3) is 0 Å². The molecule has 0 aromatic rings. The summed E-state index contributed by atoms with van der Waals surface area (Å²) in [6.07, 6.45) is 1.12. The van der Waals surface area contributed by atoms with Crippen molar-refractivity contribution < 1.29 is 52.5 Å². The monoisotopic (exact) mass is 205 g/mol. The summed E-state index contributed by atoms with van der Waals surface area (Å²) in [5, 5.41) is 15.6. The average molecular weight is 205 g/mol. The van der Waals surface area contributed by atoms with Crippen LogP contribution in [0, 0.1) is 0 Å². The molecule has 0 spiro atoms. The summed E-state index contributed by atoms with van der Waals surface area (Å²) in [6.45, 7) is 0. The number of aliphatic carboxylic acids is 2. The number of rotatable bonds is 2. The van der Waals surface area contributed by atoms with Gasteiger partial charge in [-0.15, -0.1) is 0 Å². The molecule has 0 atom stereocenters. The number of carboxylic acid groups (broad SMARTS) is 2. The first-order valence-electron chi connectivity index (χ1n) is 1.77. The Labute approximate surface area is 76.4 Å². The summed E-state index contributed by atoms with van der Waals surface area (Å²) >= 11 is 0. The van der Waals surface area contributed by atoms with Crippen LogP contribution < -0.4 is 0 Å². The Morgan fingerprint density at radius 2 is 1.22 bits per heavy atom. The van der Waals surface area contributed by atoms with Crippen LogP contribution in [-0.4, -0.2) is 22.2 Å². The van der Waals surface area contributed by atoms with Crippen LogP contribution in [0.15, 0.2) is 12.2 Å². The summed E-state index contributed by atoms with van der Waals surface area (Å²) in [5.41, 5.74) is 0. The predicted octanol–water partition coefficient (Wildman–Crippen LogP) is -0.291. The van der Waals surface area contributed by atoms with E-state index >= 15 is 0 Å². The molecule has 0 rings (SSSR count). The molecule has 4 nitrogen and oxygen atoms in total. The first kappa shape index (κ1) is 11.6. The van der Waals surface area contributed by atoms with E-state index in [4.69, 9.17) is 10.2 Å². The molecule has 0 saturated heterocycles. The third-order valence-corrected chi connectivity index (χ3v) is 0.368. The maximum absolute atomic E-state index is 9.55. The molecule has 0 bridgehead atoms. The van der Waals surface area contributed by atoms with Crippen LogP contribution in [0.2, 0.25) is 0 Å². The smallest absolute Gasteiger partial charge is 0.328 e. The average Bonchev–Trinajstić information content (AvgIpc) is 1.61. The number of carbonyl (C=O) groups is 2. The Balaban J connectivity index is 0. The zero-order chi connectivity index (χ0) is 6.57. The molecule has 9 heavy (non-hydrogen) atoms. The van der Waals surface area contributed by atoms with Gasteiger partial charge in [-0.1, -0.05) is 0 Å². The van der Waals surface area contributed by atoms with Crippen LogP contribution in [0.1, 0.15) is 0 Å². The van der Waals surface area contributed by atoms with Crippen LogP contribution in [0.25, 0.3) is 0 Å². The molecular weight excluding hydrogens is 201 g/mol. The van der Waals surface area contributed by atoms with Gasteiger partial charge in [-0.05, 0) is 0 Å². The molecule has 0 aliphatic rings. The number of hydrogen-bond donors (Lipinski definition) is 2. The number of hydrogen-bond acceptors (Lipinski definition) is 2. The summed E-state index contributed by atoms with van der Waals surface area (Å²) in [6, 6.07) is 0. The van der Waals surface area contributed by atoms with Crippen LogP contribution in [-0.2, 0) is 42.3 Å². The minimum Gasteiger partial charge on any atom is -0.478 e. The summed E-state index contributed by atoms with van der Waals surface area (Å²) in [7, 11) is 0. The molecule has 47 valence electrons. The topological polar surface area (TPSA) is 74.6 Å². The summed E-state index contributed by atoms with van der Waals surface area (Å²) in [4.78, 5) is 19.1. The van der Waals surface area contributed by atoms with Gasteiger partial charge in [0.2, 0.25) is 0 Å². The van der Waals surface area contributed by atoms with Crippen molar-refractivity contribution in [3.05, 3.63) is 12.2 Å². The quantitative estimate of drug-likeness (QED) is 0.607. The molecule has 0 saturated carbocycles. The van der Waals surface area contributed by atoms with E-state index in [1.807, 2.05) is 0 Å². The van der Waals surface area contributed by atoms with Gasteiger partial charge in [0.05, 0.1) is 0 Å². The van der Waals surface area contributed by atoms with E-state index in [9.17, 15) is 9.59 Å². The van der Waals surface area contributed by atoms with Crippen molar-refractivity contribution in [2.45, 2.75) is 0 Å². The molecule has 2 N–H and O–H groups in total. The third-order valence-electron chi connectivity index (χ3n) is 0.368. The largest absolute Gasteiger partial charge is 0.478 e. The van der Waals surface area contributed by atoms with Gasteiger partial charge in [-0.2, -0.15) is 0 Å². The van der Waals surface area contributed by atoms with Crippen molar-refractivity contribution in [3.8, 4) is 0 Å². The normalized spacial score (nSPS) is 8.44. The van der Waals surface area contributed by atoms with E-state index in [1.54, 1.807) is 0 Å². The Morgan fingerprint density at radius 3 is 1.33 bits per heavy atom. The second-order valence-corrected chi connectivity index (χ2v) is 1.01. The van der Waals surface area contributed by atoms with Crippen LogP contribution in [0.3, 0.4) is 0 Å². The molecular formula is C4H4O4Y. The molecule has 0 aliphatic heterocycles. The molecule has 1 radical (unpaired) electrons. The van der Waals surface area contributed by atoms with Crippen LogP contribution in [0.5, 0.6) is 0 Å². The molecule has 0 fully saturated rings. The van der Waals surface area contributed by atoms with E-state index < -0.39 is 11.9 Å². The van der Waals surface area contributed by atoms with Gasteiger partial charge in [0.1, 0.15) is 0 Å². The fourth-order valence-electron chi connectivity index (χ4n) is 0.143. The van der Waals surface area contributed by atoms with E-state index in [1.165, 1.54) is 0 Å². The van der Waals surface area contributed by atoms with Crippen LogP contribution >= 0.6 is 0 Å².